The molecule has 0 aliphatic heterocycles. The molecule has 3 nitrogen and oxygen atoms in total. The van der Waals surface area contributed by atoms with Crippen LogP contribution in [0.25, 0.3) is 11.4 Å². The lowest BCUT2D eigenvalue weighted by molar-refractivity contribution is 1.10. The van der Waals surface area contributed by atoms with Crippen molar-refractivity contribution < 1.29 is 0 Å². The van der Waals surface area contributed by atoms with Crippen LogP contribution < -0.4 is 0 Å². The van der Waals surface area contributed by atoms with Crippen LogP contribution in [0.2, 0.25) is 0 Å². The fourth-order valence-electron chi connectivity index (χ4n) is 2.13. The number of aryl methyl sites for hydroxylation is 1. The summed E-state index contributed by atoms with van der Waals surface area (Å²) < 4.78 is 0. The molecule has 0 saturated heterocycles. The predicted octanol–water partition coefficient (Wildman–Crippen LogP) is 4.62. The van der Waals surface area contributed by atoms with Gasteiger partial charge >= 0.3 is 0 Å². The molecule has 2 heterocycles. The van der Waals surface area contributed by atoms with Crippen LogP contribution in [0.15, 0.2) is 65.8 Å². The summed E-state index contributed by atoms with van der Waals surface area (Å²) in [5.74, 6) is 0.785. The second-order valence-corrected chi connectivity index (χ2v) is 6.11. The molecule has 3 rings (SSSR count). The quantitative estimate of drug-likeness (QED) is 0.659. The monoisotopic (exact) mass is 317 g/mol. The zero-order valence-corrected chi connectivity index (χ0v) is 13.5. The molecule has 0 fully saturated rings. The molecule has 112 valence electrons. The zero-order valence-electron chi connectivity index (χ0n) is 12.7. The maximum atomic E-state index is 9.29. The number of pyridine rings is 2. The Morgan fingerprint density at radius 2 is 1.83 bits per heavy atom. The van der Waals surface area contributed by atoms with Crippen molar-refractivity contribution in [2.75, 3.05) is 0 Å². The van der Waals surface area contributed by atoms with Crippen molar-refractivity contribution in [1.82, 2.24) is 9.97 Å². The second kappa shape index (κ2) is 7.08. The van der Waals surface area contributed by atoms with E-state index in [1.54, 1.807) is 18.0 Å². The first-order chi connectivity index (χ1) is 11.3. The molecule has 0 spiro atoms. The van der Waals surface area contributed by atoms with Gasteiger partial charge in [-0.1, -0.05) is 35.9 Å². The average molecular weight is 317 g/mol. The molecule has 23 heavy (non-hydrogen) atoms. The summed E-state index contributed by atoms with van der Waals surface area (Å²) in [7, 11) is 0. The molecule has 0 aliphatic carbocycles. The van der Waals surface area contributed by atoms with E-state index in [0.717, 1.165) is 22.2 Å². The van der Waals surface area contributed by atoms with Crippen LogP contribution >= 0.6 is 11.8 Å². The molecule has 0 aliphatic rings. The first-order valence-corrected chi connectivity index (χ1v) is 8.26. The van der Waals surface area contributed by atoms with Gasteiger partial charge in [0.05, 0.1) is 17.0 Å². The molecule has 0 radical (unpaired) electrons. The van der Waals surface area contributed by atoms with Crippen molar-refractivity contribution in [3.8, 4) is 17.5 Å². The van der Waals surface area contributed by atoms with Gasteiger partial charge in [-0.25, -0.2) is 4.98 Å². The highest BCUT2D eigenvalue weighted by Gasteiger charge is 2.09. The Labute approximate surface area is 140 Å². The number of nitrogens with zero attached hydrogens (tertiary/aromatic N) is 3. The number of nitriles is 1. The van der Waals surface area contributed by atoms with Crippen LogP contribution in [0.5, 0.6) is 0 Å². The van der Waals surface area contributed by atoms with Crippen molar-refractivity contribution in [2.45, 2.75) is 17.7 Å². The van der Waals surface area contributed by atoms with Crippen molar-refractivity contribution >= 4 is 11.8 Å². The van der Waals surface area contributed by atoms with E-state index in [1.165, 1.54) is 11.1 Å². The highest BCUT2D eigenvalue weighted by atomic mass is 32.2. The Balaban J connectivity index is 1.85. The predicted molar refractivity (Wildman–Crippen MR) is 92.9 cm³/mol. The van der Waals surface area contributed by atoms with Crippen molar-refractivity contribution in [1.29, 1.82) is 5.26 Å². The molecule has 0 atom stereocenters. The minimum atomic E-state index is 0.599. The lowest BCUT2D eigenvalue weighted by Crippen LogP contribution is -1.93. The Hall–Kier alpha value is -2.64. The third-order valence-electron chi connectivity index (χ3n) is 3.40. The van der Waals surface area contributed by atoms with Gasteiger partial charge < -0.3 is 0 Å². The van der Waals surface area contributed by atoms with Crippen LogP contribution in [0.1, 0.15) is 16.7 Å². The average Bonchev–Trinajstić information content (AvgIpc) is 2.62. The van der Waals surface area contributed by atoms with E-state index in [1.807, 2.05) is 30.3 Å². The molecule has 0 unspecified atom stereocenters. The van der Waals surface area contributed by atoms with Gasteiger partial charge in [0, 0.05) is 11.9 Å². The Bertz CT molecular complexity index is 837. The van der Waals surface area contributed by atoms with Gasteiger partial charge in [0.1, 0.15) is 11.1 Å². The smallest absolute Gasteiger partial charge is 0.115 e. The lowest BCUT2D eigenvalue weighted by Gasteiger charge is -2.06. The molecule has 4 heteroatoms. The Morgan fingerprint density at radius 1 is 1.00 bits per heavy atom. The van der Waals surface area contributed by atoms with Crippen molar-refractivity contribution in [2.24, 2.45) is 0 Å². The lowest BCUT2D eigenvalue weighted by atomic mass is 10.2. The minimum Gasteiger partial charge on any atom is -0.255 e. The fraction of sp³-hybridized carbons (Fsp3) is 0.105. The third kappa shape index (κ3) is 3.77. The molecule has 2 aromatic heterocycles. The molecule has 1 aromatic carbocycles. The van der Waals surface area contributed by atoms with Gasteiger partial charge in [0.25, 0.3) is 0 Å². The number of aromatic nitrogens is 2. The SMILES string of the molecule is Cc1ccc(CSc2nc(-c3ccccn3)ccc2C#N)cc1. The van der Waals surface area contributed by atoms with Gasteiger partial charge in [0.15, 0.2) is 0 Å². The first-order valence-electron chi connectivity index (χ1n) is 7.27. The van der Waals surface area contributed by atoms with Gasteiger partial charge in [-0.15, -0.1) is 11.8 Å². The maximum Gasteiger partial charge on any atom is 0.115 e. The molecule has 3 aromatic rings. The summed E-state index contributed by atoms with van der Waals surface area (Å²) in [5.41, 5.74) is 4.66. The van der Waals surface area contributed by atoms with E-state index in [0.29, 0.717) is 5.56 Å². The summed E-state index contributed by atoms with van der Waals surface area (Å²) in [4.78, 5) is 8.94. The van der Waals surface area contributed by atoms with Crippen LogP contribution in [0, 0.1) is 18.3 Å². The third-order valence-corrected chi connectivity index (χ3v) is 4.47. The number of rotatable bonds is 4. The summed E-state index contributed by atoms with van der Waals surface area (Å²) in [6.45, 7) is 2.07. The largest absolute Gasteiger partial charge is 0.255 e. The number of thioether (sulfide) groups is 1. The van der Waals surface area contributed by atoms with E-state index < -0.39 is 0 Å². The van der Waals surface area contributed by atoms with Gasteiger partial charge in [-0.05, 0) is 36.8 Å². The number of hydrogen-bond acceptors (Lipinski definition) is 4. The Kier molecular flexibility index (Phi) is 4.70. The van der Waals surface area contributed by atoms with Gasteiger partial charge in [-0.3, -0.25) is 4.98 Å². The highest BCUT2D eigenvalue weighted by Crippen LogP contribution is 2.27. The second-order valence-electron chi connectivity index (χ2n) is 5.15. The van der Waals surface area contributed by atoms with Crippen LogP contribution in [0.4, 0.5) is 0 Å². The van der Waals surface area contributed by atoms with Crippen LogP contribution in [0.3, 0.4) is 0 Å². The summed E-state index contributed by atoms with van der Waals surface area (Å²) in [6, 6.07) is 20.0. The first kappa shape index (κ1) is 15.3. The summed E-state index contributed by atoms with van der Waals surface area (Å²) in [5, 5.41) is 10.0. The molecule has 0 saturated carbocycles. The maximum absolute atomic E-state index is 9.29. The molecule has 0 N–H and O–H groups in total. The molecular weight excluding hydrogens is 302 g/mol. The number of benzene rings is 1. The topological polar surface area (TPSA) is 49.6 Å². The van der Waals surface area contributed by atoms with E-state index in [2.05, 4.69) is 47.2 Å². The van der Waals surface area contributed by atoms with Crippen molar-refractivity contribution in [3.05, 3.63) is 77.5 Å². The van der Waals surface area contributed by atoms with Gasteiger partial charge in [-0.2, -0.15) is 5.26 Å². The van der Waals surface area contributed by atoms with Gasteiger partial charge in [0.2, 0.25) is 0 Å². The van der Waals surface area contributed by atoms with E-state index in [4.69, 9.17) is 0 Å². The molecule has 0 amide bonds. The fourth-order valence-corrected chi connectivity index (χ4v) is 3.06. The zero-order chi connectivity index (χ0) is 16.1. The van der Waals surface area contributed by atoms with E-state index in [9.17, 15) is 5.26 Å². The normalized spacial score (nSPS) is 10.3. The standard InChI is InChI=1S/C19H15N3S/c1-14-5-7-15(8-6-14)13-23-19-16(12-20)9-10-18(22-19)17-4-2-3-11-21-17/h2-11H,13H2,1H3. The molecular formula is C19H15N3S. The number of hydrogen-bond donors (Lipinski definition) is 0. The van der Waals surface area contributed by atoms with Crippen LogP contribution in [-0.2, 0) is 5.75 Å². The summed E-state index contributed by atoms with van der Waals surface area (Å²) >= 11 is 1.58. The molecule has 0 bridgehead atoms. The summed E-state index contributed by atoms with van der Waals surface area (Å²) in [6.07, 6.45) is 1.74. The van der Waals surface area contributed by atoms with Crippen LogP contribution in [-0.4, -0.2) is 9.97 Å². The van der Waals surface area contributed by atoms with E-state index >= 15 is 0 Å². The van der Waals surface area contributed by atoms with Crippen molar-refractivity contribution in [3.63, 3.8) is 0 Å². The van der Waals surface area contributed by atoms with E-state index in [-0.39, 0.29) is 0 Å². The minimum absolute atomic E-state index is 0.599. The Morgan fingerprint density at radius 3 is 2.52 bits per heavy atom. The highest BCUT2D eigenvalue weighted by molar-refractivity contribution is 7.98.